The third-order valence-corrected chi connectivity index (χ3v) is 13.7. The Balaban J connectivity index is 1.02. The van der Waals surface area contributed by atoms with Crippen LogP contribution >= 0.6 is 0 Å². The topological polar surface area (TPSA) is 128 Å². The van der Waals surface area contributed by atoms with E-state index >= 15 is 0 Å². The van der Waals surface area contributed by atoms with E-state index in [-0.39, 0.29) is 34.7 Å². The Bertz CT molecular complexity index is 1760. The highest BCUT2D eigenvalue weighted by molar-refractivity contribution is 6.01. The van der Waals surface area contributed by atoms with Crippen molar-refractivity contribution in [2.24, 2.45) is 28.6 Å². The molecule has 5 aliphatic carbocycles. The van der Waals surface area contributed by atoms with Crippen LogP contribution in [0.3, 0.4) is 0 Å². The fourth-order valence-electron chi connectivity index (χ4n) is 11.4. The van der Waals surface area contributed by atoms with Crippen LogP contribution < -0.4 is 10.5 Å². The number of hydrogen-bond donors (Lipinski definition) is 3. The van der Waals surface area contributed by atoms with Gasteiger partial charge in [0.25, 0.3) is 0 Å². The van der Waals surface area contributed by atoms with Crippen LogP contribution in [0, 0.1) is 28.6 Å². The van der Waals surface area contributed by atoms with Crippen molar-refractivity contribution in [1.29, 1.82) is 0 Å². The van der Waals surface area contributed by atoms with Gasteiger partial charge in [-0.2, -0.15) is 0 Å². The number of rotatable bonds is 5. The van der Waals surface area contributed by atoms with E-state index in [0.29, 0.717) is 25.1 Å². The third kappa shape index (κ3) is 3.79. The molecule has 0 bridgehead atoms. The first-order chi connectivity index (χ1) is 22.6. The van der Waals surface area contributed by atoms with E-state index in [9.17, 15) is 19.8 Å². The van der Waals surface area contributed by atoms with Gasteiger partial charge in [0.2, 0.25) is 0 Å². The van der Waals surface area contributed by atoms with Crippen molar-refractivity contribution in [2.45, 2.75) is 88.3 Å². The second-order valence-corrected chi connectivity index (χ2v) is 15.7. The molecule has 2 aliphatic heterocycles. The molecule has 0 radical (unpaired) electrons. The molecule has 2 aromatic rings. The summed E-state index contributed by atoms with van der Waals surface area (Å²) in [5.74, 6) is 0.572. The molecular formula is C39H43NO7. The number of aliphatic hydroxyl groups excluding tert-OH is 2. The lowest BCUT2D eigenvalue weighted by atomic mass is 9.46. The highest BCUT2D eigenvalue weighted by Gasteiger charge is 2.76. The molecule has 7 aliphatic rings. The van der Waals surface area contributed by atoms with Gasteiger partial charge in [0.05, 0.1) is 24.5 Å². The Morgan fingerprint density at radius 1 is 1.09 bits per heavy atom. The van der Waals surface area contributed by atoms with E-state index in [4.69, 9.17) is 19.9 Å². The van der Waals surface area contributed by atoms with E-state index < -0.39 is 41.5 Å². The maximum absolute atomic E-state index is 13.9. The number of aliphatic hydroxyl groups is 2. The molecule has 0 amide bonds. The van der Waals surface area contributed by atoms with Crippen LogP contribution in [0.1, 0.15) is 80.9 Å². The lowest BCUT2D eigenvalue weighted by Crippen LogP contribution is -2.63. The molecule has 2 aromatic carbocycles. The summed E-state index contributed by atoms with van der Waals surface area (Å²) in [5.41, 5.74) is 10.0. The highest BCUT2D eigenvalue weighted by atomic mass is 16.7. The first-order valence-corrected chi connectivity index (χ1v) is 17.3. The molecule has 5 fully saturated rings. The Kier molecular flexibility index (Phi) is 6.26. The number of ether oxygens (including phenoxy) is 3. The molecule has 9 rings (SSSR count). The second kappa shape index (κ2) is 9.88. The number of fused-ring (bicyclic) bond motifs is 8. The van der Waals surface area contributed by atoms with Crippen molar-refractivity contribution in [2.75, 3.05) is 18.9 Å². The molecule has 8 nitrogen and oxygen atoms in total. The fourth-order valence-corrected chi connectivity index (χ4v) is 11.4. The number of nitrogens with two attached hydrogens (primary N) is 1. The zero-order valence-electron chi connectivity index (χ0n) is 27.0. The molecule has 9 atom stereocenters. The Morgan fingerprint density at radius 2 is 1.87 bits per heavy atom. The summed E-state index contributed by atoms with van der Waals surface area (Å²) >= 11 is 0. The van der Waals surface area contributed by atoms with E-state index in [1.165, 1.54) is 16.7 Å². The number of anilines is 1. The molecule has 47 heavy (non-hydrogen) atoms. The molecule has 0 aromatic heterocycles. The second-order valence-electron chi connectivity index (χ2n) is 15.7. The van der Waals surface area contributed by atoms with Gasteiger partial charge in [-0.1, -0.05) is 55.8 Å². The quantitative estimate of drug-likeness (QED) is 0.396. The minimum atomic E-state index is -1.36. The number of nitrogen functional groups attached to an aromatic ring is 1. The largest absolute Gasteiger partial charge is 0.491 e. The smallest absolute Gasteiger partial charge is 0.193 e. The average molecular weight is 638 g/mol. The fraction of sp³-hybridized carbons (Fsp3) is 0.538. The van der Waals surface area contributed by atoms with Crippen molar-refractivity contribution in [3.8, 4) is 5.75 Å². The van der Waals surface area contributed by atoms with Crippen molar-refractivity contribution in [3.05, 3.63) is 82.5 Å². The van der Waals surface area contributed by atoms with Crippen LogP contribution in [0.2, 0.25) is 0 Å². The van der Waals surface area contributed by atoms with Crippen molar-refractivity contribution >= 4 is 17.3 Å². The number of carbonyl (C=O) groups is 2. The Hall–Kier alpha value is -3.30. The number of ketones is 2. The van der Waals surface area contributed by atoms with Gasteiger partial charge in [0, 0.05) is 39.7 Å². The monoisotopic (exact) mass is 637 g/mol. The van der Waals surface area contributed by atoms with Gasteiger partial charge in [-0.05, 0) is 79.7 Å². The zero-order valence-corrected chi connectivity index (χ0v) is 27.0. The maximum Gasteiger partial charge on any atom is 0.193 e. The summed E-state index contributed by atoms with van der Waals surface area (Å²) in [4.78, 5) is 26.1. The maximum atomic E-state index is 13.9. The molecule has 4 saturated carbocycles. The predicted octanol–water partition coefficient (Wildman–Crippen LogP) is 4.89. The minimum absolute atomic E-state index is 0.00508. The van der Waals surface area contributed by atoms with Gasteiger partial charge in [-0.15, -0.1) is 0 Å². The number of carbonyl (C=O) groups excluding carboxylic acids is 2. The van der Waals surface area contributed by atoms with E-state index in [2.05, 4.69) is 32.0 Å². The minimum Gasteiger partial charge on any atom is -0.491 e. The standard InChI is InChI=1S/C39H43NO7/c1-36-13-11-24(42)17-23(36)7-8-25-28-18-32-39(31(44)20-41,37(28,2)19-30(43)33(25)36)47-35(46-32)21-3-5-22(6-4-21)38(14-15-38)27-9-10-29(40)34-26(27)12-16-45-34/h3-6,9-11,13,17,25,28,30,32-33,35,41,43H,7-8,12,14-16,18-20,40H2,1-2H3/t25-,28-,30-,32+,33+,35+,36-,37-,39+/m0/s1. The van der Waals surface area contributed by atoms with Gasteiger partial charge in [-0.3, -0.25) is 9.59 Å². The normalized spacial score (nSPS) is 40.4. The molecule has 246 valence electrons. The summed E-state index contributed by atoms with van der Waals surface area (Å²) in [6.45, 7) is 4.22. The van der Waals surface area contributed by atoms with E-state index in [1.807, 2.05) is 24.3 Å². The molecular weight excluding hydrogens is 594 g/mol. The summed E-state index contributed by atoms with van der Waals surface area (Å²) in [5, 5.41) is 22.2. The molecule has 2 heterocycles. The molecule has 0 spiro atoms. The van der Waals surface area contributed by atoms with Crippen LogP contribution in [0.4, 0.5) is 5.69 Å². The number of Topliss-reactive ketones (excluding diaryl/α,β-unsaturated/α-hetero) is 1. The Morgan fingerprint density at radius 3 is 2.62 bits per heavy atom. The van der Waals surface area contributed by atoms with E-state index in [1.54, 1.807) is 12.2 Å². The highest BCUT2D eigenvalue weighted by Crippen LogP contribution is 2.70. The lowest BCUT2D eigenvalue weighted by Gasteiger charge is -2.59. The van der Waals surface area contributed by atoms with Crippen LogP contribution in [0.5, 0.6) is 5.75 Å². The van der Waals surface area contributed by atoms with Crippen molar-refractivity contribution < 1.29 is 34.0 Å². The molecule has 4 N–H and O–H groups in total. The number of allylic oxidation sites excluding steroid dienone is 4. The lowest BCUT2D eigenvalue weighted by molar-refractivity contribution is -0.201. The third-order valence-electron chi connectivity index (χ3n) is 13.7. The van der Waals surface area contributed by atoms with Crippen molar-refractivity contribution in [3.63, 3.8) is 0 Å². The SMILES string of the molecule is C[C@]12C=CC(=O)C=C1CC[C@@H]1[C@@H]2[C@@H](O)C[C@@]2(C)[C@H]1C[C@H]1O[C@@H](c3ccc(C4(c5ccc(N)c6c5CCO6)CC4)cc3)O[C@]12C(=O)CO. The van der Waals surface area contributed by atoms with Gasteiger partial charge >= 0.3 is 0 Å². The summed E-state index contributed by atoms with van der Waals surface area (Å²) in [6, 6.07) is 12.5. The van der Waals surface area contributed by atoms with Crippen LogP contribution in [0.15, 0.2) is 60.2 Å². The number of hydrogen-bond acceptors (Lipinski definition) is 8. The first-order valence-electron chi connectivity index (χ1n) is 17.3. The molecule has 8 heteroatoms. The van der Waals surface area contributed by atoms with Gasteiger partial charge in [-0.25, -0.2) is 0 Å². The predicted molar refractivity (Wildman–Crippen MR) is 173 cm³/mol. The van der Waals surface area contributed by atoms with Crippen LogP contribution in [-0.2, 0) is 30.9 Å². The average Bonchev–Trinajstić information content (AvgIpc) is 3.41. The van der Waals surface area contributed by atoms with Gasteiger partial charge in [0.1, 0.15) is 12.4 Å². The summed E-state index contributed by atoms with van der Waals surface area (Å²) in [7, 11) is 0. The first kappa shape index (κ1) is 29.8. The van der Waals surface area contributed by atoms with Gasteiger partial charge in [0.15, 0.2) is 23.5 Å². The Labute approximate surface area is 275 Å². The summed E-state index contributed by atoms with van der Waals surface area (Å²) in [6.07, 6.45) is 8.96. The van der Waals surface area contributed by atoms with E-state index in [0.717, 1.165) is 49.0 Å². The van der Waals surface area contributed by atoms with Crippen LogP contribution in [0.25, 0.3) is 0 Å². The van der Waals surface area contributed by atoms with Gasteiger partial charge < -0.3 is 30.2 Å². The zero-order chi connectivity index (χ0) is 32.5. The number of benzene rings is 2. The molecule has 0 unspecified atom stereocenters. The van der Waals surface area contributed by atoms with Crippen LogP contribution in [-0.4, -0.2) is 52.8 Å². The van der Waals surface area contributed by atoms with Crippen molar-refractivity contribution in [1.82, 2.24) is 0 Å². The molecule has 1 saturated heterocycles. The summed E-state index contributed by atoms with van der Waals surface area (Å²) < 4.78 is 19.4.